The van der Waals surface area contributed by atoms with Gasteiger partial charge < -0.3 is 4.90 Å². The lowest BCUT2D eigenvalue weighted by atomic mass is 10.1. The summed E-state index contributed by atoms with van der Waals surface area (Å²) < 4.78 is 0. The number of rotatable bonds is 6. The number of nitroso groups, excluding NO2 is 1. The lowest BCUT2D eigenvalue weighted by Gasteiger charge is -2.36. The normalized spacial score (nSPS) is 21.0. The van der Waals surface area contributed by atoms with E-state index in [0.717, 1.165) is 58.7 Å². The van der Waals surface area contributed by atoms with Crippen molar-refractivity contribution >= 4 is 5.91 Å². The van der Waals surface area contributed by atoms with Crippen LogP contribution in [0.25, 0.3) is 0 Å². The minimum absolute atomic E-state index is 0.0820. The van der Waals surface area contributed by atoms with Crippen LogP contribution in [0.3, 0.4) is 0 Å². The van der Waals surface area contributed by atoms with E-state index < -0.39 is 6.04 Å². The Bertz CT molecular complexity index is 552. The molecular weight excluding hydrogens is 316 g/mol. The van der Waals surface area contributed by atoms with Gasteiger partial charge in [0.15, 0.2) is 6.04 Å². The standard InChI is InChI=1S/C19H28N4O2/c24-19(23-9-5-2-6-10-23)18(20-25)16-22-13-11-21(12-14-22)15-17-7-3-1-4-8-17/h1,3-4,7-8,18H,2,5-6,9-16H2. The zero-order chi connectivity index (χ0) is 17.5. The van der Waals surface area contributed by atoms with Crippen molar-refractivity contribution in [1.29, 1.82) is 0 Å². The van der Waals surface area contributed by atoms with E-state index in [-0.39, 0.29) is 5.91 Å². The SMILES string of the molecule is O=NC(CN1CCN(Cc2ccccc2)CC1)C(=O)N1CCCCC1. The molecule has 0 aromatic heterocycles. The molecule has 2 aliphatic heterocycles. The molecule has 0 bridgehead atoms. The number of nitrogens with zero attached hydrogens (tertiary/aromatic N) is 4. The Labute approximate surface area is 149 Å². The molecule has 2 fully saturated rings. The van der Waals surface area contributed by atoms with E-state index in [1.807, 2.05) is 11.0 Å². The summed E-state index contributed by atoms with van der Waals surface area (Å²) in [7, 11) is 0. The highest BCUT2D eigenvalue weighted by molar-refractivity contribution is 5.82. The summed E-state index contributed by atoms with van der Waals surface area (Å²) in [6.45, 7) is 6.63. The first kappa shape index (κ1) is 18.0. The van der Waals surface area contributed by atoms with E-state index in [4.69, 9.17) is 0 Å². The van der Waals surface area contributed by atoms with Crippen LogP contribution in [0.1, 0.15) is 24.8 Å². The molecule has 2 saturated heterocycles. The maximum Gasteiger partial charge on any atom is 0.252 e. The Kier molecular flexibility index (Phi) is 6.53. The maximum atomic E-state index is 12.5. The van der Waals surface area contributed by atoms with Gasteiger partial charge in [-0.1, -0.05) is 35.5 Å². The van der Waals surface area contributed by atoms with Gasteiger partial charge in [0.05, 0.1) is 0 Å². The number of hydrogen-bond donors (Lipinski definition) is 0. The highest BCUT2D eigenvalue weighted by atomic mass is 16.3. The van der Waals surface area contributed by atoms with E-state index in [1.165, 1.54) is 12.0 Å². The minimum Gasteiger partial charge on any atom is -0.341 e. The van der Waals surface area contributed by atoms with Gasteiger partial charge in [0.2, 0.25) is 0 Å². The Morgan fingerprint density at radius 1 is 0.920 bits per heavy atom. The Balaban J connectivity index is 1.45. The van der Waals surface area contributed by atoms with Gasteiger partial charge >= 0.3 is 0 Å². The summed E-state index contributed by atoms with van der Waals surface area (Å²) in [4.78, 5) is 30.2. The molecule has 2 aliphatic rings. The number of likely N-dealkylation sites (tertiary alicyclic amines) is 1. The molecule has 3 rings (SSSR count). The topological polar surface area (TPSA) is 56.2 Å². The Hall–Kier alpha value is -1.79. The highest BCUT2D eigenvalue weighted by Crippen LogP contribution is 2.13. The van der Waals surface area contributed by atoms with Crippen molar-refractivity contribution in [3.8, 4) is 0 Å². The summed E-state index contributed by atoms with van der Waals surface area (Å²) in [6, 6.07) is 9.72. The molecule has 136 valence electrons. The molecule has 1 amide bonds. The quantitative estimate of drug-likeness (QED) is 0.740. The van der Waals surface area contributed by atoms with Gasteiger partial charge in [-0.15, -0.1) is 4.91 Å². The van der Waals surface area contributed by atoms with Crippen LogP contribution < -0.4 is 0 Å². The largest absolute Gasteiger partial charge is 0.341 e. The number of piperidine rings is 1. The van der Waals surface area contributed by atoms with Gasteiger partial charge in [0, 0.05) is 52.4 Å². The Morgan fingerprint density at radius 2 is 1.56 bits per heavy atom. The third-order valence-electron chi connectivity index (χ3n) is 5.23. The molecule has 1 aromatic rings. The van der Waals surface area contributed by atoms with Crippen LogP contribution in [-0.2, 0) is 11.3 Å². The summed E-state index contributed by atoms with van der Waals surface area (Å²) >= 11 is 0. The first-order valence-corrected chi connectivity index (χ1v) is 9.36. The molecule has 25 heavy (non-hydrogen) atoms. The molecule has 0 aliphatic carbocycles. The van der Waals surface area contributed by atoms with Crippen molar-refractivity contribution in [2.45, 2.75) is 31.8 Å². The van der Waals surface area contributed by atoms with Gasteiger partial charge in [-0.25, -0.2) is 0 Å². The number of hydrogen-bond acceptors (Lipinski definition) is 5. The lowest BCUT2D eigenvalue weighted by Crippen LogP contribution is -2.51. The number of carbonyl (C=O) groups is 1. The average molecular weight is 344 g/mol. The smallest absolute Gasteiger partial charge is 0.252 e. The lowest BCUT2D eigenvalue weighted by molar-refractivity contribution is -0.134. The monoisotopic (exact) mass is 344 g/mol. The van der Waals surface area contributed by atoms with Crippen LogP contribution in [0.5, 0.6) is 0 Å². The van der Waals surface area contributed by atoms with Crippen molar-refractivity contribution in [3.63, 3.8) is 0 Å². The van der Waals surface area contributed by atoms with Crippen molar-refractivity contribution in [2.24, 2.45) is 5.18 Å². The molecule has 1 atom stereocenters. The van der Waals surface area contributed by atoms with E-state index in [1.54, 1.807) is 0 Å². The second-order valence-electron chi connectivity index (χ2n) is 7.07. The number of carbonyl (C=O) groups excluding carboxylic acids is 1. The average Bonchev–Trinajstić information content (AvgIpc) is 2.68. The predicted octanol–water partition coefficient (Wildman–Crippen LogP) is 1.95. The molecule has 2 heterocycles. The summed E-state index contributed by atoms with van der Waals surface area (Å²) in [5.74, 6) is -0.0820. The van der Waals surface area contributed by atoms with E-state index in [2.05, 4.69) is 39.2 Å². The summed E-state index contributed by atoms with van der Waals surface area (Å²) in [6.07, 6.45) is 3.25. The van der Waals surface area contributed by atoms with Crippen LogP contribution in [0.4, 0.5) is 0 Å². The number of piperazine rings is 1. The highest BCUT2D eigenvalue weighted by Gasteiger charge is 2.29. The molecule has 0 radical (unpaired) electrons. The van der Waals surface area contributed by atoms with Crippen LogP contribution in [0.2, 0.25) is 0 Å². The third-order valence-corrected chi connectivity index (χ3v) is 5.23. The molecule has 0 saturated carbocycles. The van der Waals surface area contributed by atoms with Gasteiger partial charge in [0.25, 0.3) is 5.91 Å². The number of amides is 1. The maximum absolute atomic E-state index is 12.5. The second-order valence-corrected chi connectivity index (χ2v) is 7.07. The molecular formula is C19H28N4O2. The fourth-order valence-electron chi connectivity index (χ4n) is 3.70. The van der Waals surface area contributed by atoms with Crippen molar-refractivity contribution in [3.05, 3.63) is 40.8 Å². The van der Waals surface area contributed by atoms with Crippen LogP contribution in [-0.4, -0.2) is 72.5 Å². The predicted molar refractivity (Wildman–Crippen MR) is 98.2 cm³/mol. The van der Waals surface area contributed by atoms with Crippen LogP contribution in [0, 0.1) is 4.91 Å². The summed E-state index contributed by atoms with van der Waals surface area (Å²) in [5.41, 5.74) is 1.32. The molecule has 0 spiro atoms. The first-order valence-electron chi connectivity index (χ1n) is 9.36. The zero-order valence-electron chi connectivity index (χ0n) is 14.8. The fraction of sp³-hybridized carbons (Fsp3) is 0.632. The molecule has 1 unspecified atom stereocenters. The van der Waals surface area contributed by atoms with E-state index in [9.17, 15) is 9.70 Å². The number of benzene rings is 1. The van der Waals surface area contributed by atoms with Crippen molar-refractivity contribution in [2.75, 3.05) is 45.8 Å². The molecule has 6 heteroatoms. The van der Waals surface area contributed by atoms with Crippen LogP contribution in [0.15, 0.2) is 35.5 Å². The molecule has 6 nitrogen and oxygen atoms in total. The molecule has 0 N–H and O–H groups in total. The van der Waals surface area contributed by atoms with Crippen molar-refractivity contribution < 1.29 is 4.79 Å². The first-order chi connectivity index (χ1) is 12.3. The Morgan fingerprint density at radius 3 is 2.20 bits per heavy atom. The van der Waals surface area contributed by atoms with Crippen molar-refractivity contribution in [1.82, 2.24) is 14.7 Å². The minimum atomic E-state index is -0.751. The van der Waals surface area contributed by atoms with Gasteiger partial charge in [-0.05, 0) is 24.8 Å². The molecule has 1 aromatic carbocycles. The van der Waals surface area contributed by atoms with Gasteiger partial charge in [-0.3, -0.25) is 14.6 Å². The van der Waals surface area contributed by atoms with E-state index >= 15 is 0 Å². The van der Waals surface area contributed by atoms with E-state index in [0.29, 0.717) is 6.54 Å². The fourth-order valence-corrected chi connectivity index (χ4v) is 3.70. The summed E-state index contributed by atoms with van der Waals surface area (Å²) in [5, 5.41) is 3.15. The third kappa shape index (κ3) is 5.09. The zero-order valence-corrected chi connectivity index (χ0v) is 14.8. The van der Waals surface area contributed by atoms with Crippen LogP contribution >= 0.6 is 0 Å². The second kappa shape index (κ2) is 9.06. The van der Waals surface area contributed by atoms with Gasteiger partial charge in [0.1, 0.15) is 0 Å². The van der Waals surface area contributed by atoms with Gasteiger partial charge in [-0.2, -0.15) is 0 Å².